The summed E-state index contributed by atoms with van der Waals surface area (Å²) in [5, 5.41) is 3.93. The van der Waals surface area contributed by atoms with Gasteiger partial charge in [0.25, 0.3) is 0 Å². The quantitative estimate of drug-likeness (QED) is 0.281. The molecule has 0 unspecified atom stereocenters. The van der Waals surface area contributed by atoms with Crippen LogP contribution < -0.4 is 0 Å². The molecule has 30 heavy (non-hydrogen) atoms. The lowest BCUT2D eigenvalue weighted by atomic mass is 9.87. The molecule has 7 heteroatoms. The summed E-state index contributed by atoms with van der Waals surface area (Å²) >= 11 is 0. The first-order valence-electron chi connectivity index (χ1n) is 9.63. The first kappa shape index (κ1) is 22.8. The summed E-state index contributed by atoms with van der Waals surface area (Å²) in [6.45, 7) is 7.10. The number of oxime groups is 1. The van der Waals surface area contributed by atoms with E-state index in [0.717, 1.165) is 11.1 Å². The highest BCUT2D eigenvalue weighted by Gasteiger charge is 2.20. The lowest BCUT2D eigenvalue weighted by molar-refractivity contribution is -0.140. The van der Waals surface area contributed by atoms with E-state index in [1.54, 1.807) is 69.3 Å². The first-order chi connectivity index (χ1) is 14.4. The minimum absolute atomic E-state index is 0.296. The van der Waals surface area contributed by atoms with Gasteiger partial charge < -0.3 is 14.3 Å². The van der Waals surface area contributed by atoms with Crippen LogP contribution in [0.15, 0.2) is 53.7 Å². The summed E-state index contributed by atoms with van der Waals surface area (Å²) in [5.74, 6) is -1.67. The second-order valence-electron chi connectivity index (χ2n) is 6.43. The molecule has 2 aromatic rings. The van der Waals surface area contributed by atoms with Crippen LogP contribution in [0.3, 0.4) is 0 Å². The Morgan fingerprint density at radius 2 is 1.17 bits per heavy atom. The summed E-state index contributed by atoms with van der Waals surface area (Å²) in [5.41, 5.74) is 3.08. The van der Waals surface area contributed by atoms with Crippen LogP contribution >= 0.6 is 0 Å². The molecular weight excluding hydrogens is 386 g/mol. The Morgan fingerprint density at radius 3 is 1.50 bits per heavy atom. The van der Waals surface area contributed by atoms with Gasteiger partial charge in [-0.25, -0.2) is 14.4 Å². The van der Waals surface area contributed by atoms with Gasteiger partial charge in [0.05, 0.1) is 36.0 Å². The molecule has 2 aromatic carbocycles. The number of rotatable bonds is 8. The number of hydrogen-bond donors (Lipinski definition) is 0. The normalized spacial score (nSPS) is 11.2. The number of carbonyl (C=O) groups excluding carboxylic acids is 3. The predicted molar refractivity (Wildman–Crippen MR) is 112 cm³/mol. The molecule has 7 nitrogen and oxygen atoms in total. The Kier molecular flexibility index (Phi) is 8.29. The smallest absolute Gasteiger partial charge is 0.338 e. The van der Waals surface area contributed by atoms with Gasteiger partial charge in [0, 0.05) is 6.92 Å². The molecule has 0 bridgehead atoms. The van der Waals surface area contributed by atoms with Crippen molar-refractivity contribution >= 4 is 23.6 Å². The van der Waals surface area contributed by atoms with Gasteiger partial charge in [0.1, 0.15) is 0 Å². The molecule has 0 aromatic heterocycles. The minimum Gasteiger partial charge on any atom is -0.462 e. The lowest BCUT2D eigenvalue weighted by Gasteiger charge is -2.18. The molecule has 0 heterocycles. The molecular formula is C23H25NO6. The number of ether oxygens (including phenoxy) is 2. The van der Waals surface area contributed by atoms with Crippen LogP contribution in [0.2, 0.25) is 0 Å². The molecule has 0 N–H and O–H groups in total. The second-order valence-corrected chi connectivity index (χ2v) is 6.43. The van der Waals surface area contributed by atoms with Crippen molar-refractivity contribution in [2.24, 2.45) is 5.16 Å². The SMILES string of the molecule is CCOC(=O)c1ccc(C(/C(C)=N/OC(C)=O)c2ccc(C(=O)OCC)cc2)cc1. The van der Waals surface area contributed by atoms with Gasteiger partial charge in [-0.2, -0.15) is 0 Å². The molecule has 0 spiro atoms. The maximum absolute atomic E-state index is 11.9. The van der Waals surface area contributed by atoms with Crippen molar-refractivity contribution in [2.45, 2.75) is 33.6 Å². The van der Waals surface area contributed by atoms with Gasteiger partial charge >= 0.3 is 17.9 Å². The molecule has 2 rings (SSSR count). The Labute approximate surface area is 175 Å². The maximum atomic E-state index is 11.9. The molecule has 0 atom stereocenters. The summed E-state index contributed by atoms with van der Waals surface area (Å²) in [4.78, 5) is 39.8. The number of carbonyl (C=O) groups is 3. The van der Waals surface area contributed by atoms with Gasteiger partial charge in [-0.05, 0) is 56.2 Å². The van der Waals surface area contributed by atoms with Crippen molar-refractivity contribution in [2.75, 3.05) is 13.2 Å². The van der Waals surface area contributed by atoms with E-state index in [0.29, 0.717) is 30.1 Å². The zero-order valence-electron chi connectivity index (χ0n) is 17.5. The van der Waals surface area contributed by atoms with E-state index < -0.39 is 17.9 Å². The van der Waals surface area contributed by atoms with E-state index in [-0.39, 0.29) is 5.92 Å². The van der Waals surface area contributed by atoms with Gasteiger partial charge in [-0.3, -0.25) is 0 Å². The molecule has 0 aliphatic carbocycles. The molecule has 158 valence electrons. The fraction of sp³-hybridized carbons (Fsp3) is 0.304. The third-order valence-electron chi connectivity index (χ3n) is 4.25. The van der Waals surface area contributed by atoms with Gasteiger partial charge in [0.15, 0.2) is 0 Å². The van der Waals surface area contributed by atoms with Crippen LogP contribution in [-0.2, 0) is 19.1 Å². The molecule has 0 saturated heterocycles. The molecule has 0 fully saturated rings. The van der Waals surface area contributed by atoms with Crippen LogP contribution in [-0.4, -0.2) is 36.8 Å². The fourth-order valence-electron chi connectivity index (χ4n) is 2.92. The Hall–Kier alpha value is -3.48. The van der Waals surface area contributed by atoms with E-state index in [2.05, 4.69) is 5.16 Å². The zero-order chi connectivity index (χ0) is 22.1. The highest BCUT2D eigenvalue weighted by atomic mass is 16.7. The number of esters is 2. The number of nitrogens with zero attached hydrogens (tertiary/aromatic N) is 1. The van der Waals surface area contributed by atoms with Crippen LogP contribution in [0, 0.1) is 0 Å². The molecule has 0 amide bonds. The number of benzene rings is 2. The van der Waals surface area contributed by atoms with Gasteiger partial charge in [-0.15, -0.1) is 0 Å². The van der Waals surface area contributed by atoms with Gasteiger partial charge in [0.2, 0.25) is 0 Å². The molecule has 0 saturated carbocycles. The third-order valence-corrected chi connectivity index (χ3v) is 4.25. The van der Waals surface area contributed by atoms with Crippen molar-refractivity contribution in [1.29, 1.82) is 0 Å². The van der Waals surface area contributed by atoms with E-state index >= 15 is 0 Å². The standard InChI is InChI=1S/C23H25NO6/c1-5-28-22(26)19-11-7-17(8-12-19)21(15(3)24-30-16(4)25)18-9-13-20(14-10-18)23(27)29-6-2/h7-14,21H,5-6H2,1-4H3/b24-15+. The van der Waals surface area contributed by atoms with E-state index in [9.17, 15) is 14.4 Å². The fourth-order valence-corrected chi connectivity index (χ4v) is 2.92. The monoisotopic (exact) mass is 411 g/mol. The summed E-state index contributed by atoms with van der Waals surface area (Å²) < 4.78 is 10.0. The van der Waals surface area contributed by atoms with Gasteiger partial charge in [-0.1, -0.05) is 29.4 Å². The van der Waals surface area contributed by atoms with E-state index in [1.165, 1.54) is 6.92 Å². The predicted octanol–water partition coefficient (Wildman–Crippen LogP) is 4.11. The third kappa shape index (κ3) is 6.01. The minimum atomic E-state index is -0.525. The molecule has 0 radical (unpaired) electrons. The van der Waals surface area contributed by atoms with Crippen molar-refractivity contribution in [3.8, 4) is 0 Å². The summed E-state index contributed by atoms with van der Waals surface area (Å²) in [6.07, 6.45) is 0. The van der Waals surface area contributed by atoms with E-state index in [4.69, 9.17) is 14.3 Å². The van der Waals surface area contributed by atoms with Crippen LogP contribution in [0.25, 0.3) is 0 Å². The van der Waals surface area contributed by atoms with Crippen LogP contribution in [0.1, 0.15) is 65.5 Å². The lowest BCUT2D eigenvalue weighted by Crippen LogP contribution is -2.14. The molecule has 0 aliphatic heterocycles. The largest absolute Gasteiger partial charge is 0.462 e. The summed E-state index contributed by atoms with van der Waals surface area (Å²) in [6, 6.07) is 13.9. The second kappa shape index (κ2) is 10.9. The number of hydrogen-bond acceptors (Lipinski definition) is 7. The highest BCUT2D eigenvalue weighted by Crippen LogP contribution is 2.27. The zero-order valence-corrected chi connectivity index (χ0v) is 17.5. The Bertz CT molecular complexity index is 854. The first-order valence-corrected chi connectivity index (χ1v) is 9.63. The van der Waals surface area contributed by atoms with Crippen molar-refractivity contribution in [1.82, 2.24) is 0 Å². The topological polar surface area (TPSA) is 91.3 Å². The average molecular weight is 411 g/mol. The van der Waals surface area contributed by atoms with Crippen LogP contribution in [0.4, 0.5) is 0 Å². The van der Waals surface area contributed by atoms with E-state index in [1.807, 2.05) is 0 Å². The maximum Gasteiger partial charge on any atom is 0.338 e. The Morgan fingerprint density at radius 1 is 0.767 bits per heavy atom. The summed E-state index contributed by atoms with van der Waals surface area (Å²) in [7, 11) is 0. The highest BCUT2D eigenvalue weighted by molar-refractivity contribution is 5.94. The van der Waals surface area contributed by atoms with Crippen molar-refractivity contribution < 1.29 is 28.7 Å². The van der Waals surface area contributed by atoms with Crippen molar-refractivity contribution in [3.05, 3.63) is 70.8 Å². The van der Waals surface area contributed by atoms with Crippen molar-refractivity contribution in [3.63, 3.8) is 0 Å². The van der Waals surface area contributed by atoms with Crippen LogP contribution in [0.5, 0.6) is 0 Å². The average Bonchev–Trinajstić information content (AvgIpc) is 2.74. The molecule has 0 aliphatic rings. The Balaban J connectivity index is 2.40.